The van der Waals surface area contributed by atoms with Crippen LogP contribution in [0.3, 0.4) is 0 Å². The second-order valence-corrected chi connectivity index (χ2v) is 0.487. The molecule has 0 fully saturated rings. The van der Waals surface area contributed by atoms with Crippen LogP contribution >= 0.6 is 0 Å². The van der Waals surface area contributed by atoms with Crippen molar-refractivity contribution >= 4 is 26.6 Å². The van der Waals surface area contributed by atoms with Crippen molar-refractivity contribution in [3.63, 3.8) is 0 Å². The summed E-state index contributed by atoms with van der Waals surface area (Å²) in [6, 6.07) is 0. The fraction of sp³-hybridized carbons (Fsp3) is 0. The van der Waals surface area contributed by atoms with Crippen LogP contribution in [0, 0.1) is 0 Å². The van der Waals surface area contributed by atoms with Gasteiger partial charge in [0.15, 0.2) is 6.26 Å². The Labute approximate surface area is 54.4 Å². The molecular formula is C2H6O3Po. The molecular weight excluding hydrogens is 281 g/mol. The molecule has 0 atom stereocenters. The number of aliphatic hydroxyl groups excluding tert-OH is 2. The standard InChI is InChI=1S/C2H4O3.Po.2H/c3-1-2(4)5;;;/h1,3-5H;;;. The van der Waals surface area contributed by atoms with Crippen LogP contribution in [0.2, 0.25) is 0 Å². The first-order valence-electron chi connectivity index (χ1n) is 0.994. The van der Waals surface area contributed by atoms with Gasteiger partial charge in [-0.2, -0.15) is 0 Å². The van der Waals surface area contributed by atoms with Crippen LogP contribution in [0.1, 0.15) is 0 Å². The maximum absolute atomic E-state index is 7.53. The molecule has 0 aliphatic rings. The fourth-order valence-corrected chi connectivity index (χ4v) is 0. The Balaban J connectivity index is 0. The molecule has 6 heavy (non-hydrogen) atoms. The summed E-state index contributed by atoms with van der Waals surface area (Å²) in [7, 11) is 0. The Kier molecular flexibility index (Phi) is 7.89. The minimum absolute atomic E-state index is 0. The molecule has 0 radical (unpaired) electrons. The van der Waals surface area contributed by atoms with Crippen molar-refractivity contribution in [2.24, 2.45) is 0 Å². The number of rotatable bonds is 0. The van der Waals surface area contributed by atoms with Gasteiger partial charge in [-0.25, -0.2) is 0 Å². The summed E-state index contributed by atoms with van der Waals surface area (Å²) in [5, 5.41) is 22.5. The van der Waals surface area contributed by atoms with Crippen molar-refractivity contribution in [3.8, 4) is 0 Å². The monoisotopic (exact) mass is 287 g/mol. The molecule has 3 N–H and O–H groups in total. The molecule has 4 heteroatoms. The Morgan fingerprint density at radius 1 is 1.33 bits per heavy atom. The molecule has 38 valence electrons. The quantitative estimate of drug-likeness (QED) is 0.529. The van der Waals surface area contributed by atoms with E-state index in [9.17, 15) is 0 Å². The molecule has 0 spiro atoms. The van der Waals surface area contributed by atoms with Gasteiger partial charge in [0.05, 0.1) is 0 Å². The van der Waals surface area contributed by atoms with Gasteiger partial charge in [-0.15, -0.1) is 0 Å². The normalized spacial score (nSPS) is 5.33. The van der Waals surface area contributed by atoms with Crippen LogP contribution in [0.5, 0.6) is 0 Å². The molecule has 0 aliphatic heterocycles. The Hall–Kier alpha value is 0.0361. The van der Waals surface area contributed by atoms with Gasteiger partial charge in [0.1, 0.15) is 0 Å². The zero-order valence-electron chi connectivity index (χ0n) is 2.92. The van der Waals surface area contributed by atoms with Crippen molar-refractivity contribution in [2.75, 3.05) is 0 Å². The molecule has 0 heterocycles. The summed E-state index contributed by atoms with van der Waals surface area (Å²) in [4.78, 5) is 0. The topological polar surface area (TPSA) is 60.7 Å². The van der Waals surface area contributed by atoms with E-state index in [2.05, 4.69) is 0 Å². The molecule has 0 saturated heterocycles. The van der Waals surface area contributed by atoms with E-state index in [-0.39, 0.29) is 32.8 Å². The average Bonchev–Trinajstić information content (AvgIpc) is 1.38. The van der Waals surface area contributed by atoms with Crippen molar-refractivity contribution in [1.29, 1.82) is 0 Å². The van der Waals surface area contributed by atoms with E-state index in [1.54, 1.807) is 0 Å². The van der Waals surface area contributed by atoms with E-state index in [1.165, 1.54) is 0 Å². The van der Waals surface area contributed by atoms with Crippen molar-refractivity contribution in [2.45, 2.75) is 0 Å². The van der Waals surface area contributed by atoms with Gasteiger partial charge in [0.2, 0.25) is 0 Å². The molecule has 0 saturated carbocycles. The summed E-state index contributed by atoms with van der Waals surface area (Å²) in [6.07, 6.45) is 0.194. The van der Waals surface area contributed by atoms with Crippen LogP contribution in [0.15, 0.2) is 12.2 Å². The zero-order valence-corrected chi connectivity index (χ0v) is 6.81. The van der Waals surface area contributed by atoms with Gasteiger partial charge < -0.3 is 15.3 Å². The van der Waals surface area contributed by atoms with Gasteiger partial charge in [-0.1, -0.05) is 0 Å². The molecule has 0 amide bonds. The summed E-state index contributed by atoms with van der Waals surface area (Å²) < 4.78 is 0. The summed E-state index contributed by atoms with van der Waals surface area (Å²) in [5.41, 5.74) is 0. The van der Waals surface area contributed by atoms with E-state index in [1.807, 2.05) is 0 Å². The first-order valence-corrected chi connectivity index (χ1v) is 0.994. The first kappa shape index (κ1) is 9.40. The minimum atomic E-state index is -1.06. The Morgan fingerprint density at radius 2 is 1.50 bits per heavy atom. The van der Waals surface area contributed by atoms with E-state index < -0.39 is 5.95 Å². The van der Waals surface area contributed by atoms with Gasteiger partial charge in [0.25, 0.3) is 0 Å². The van der Waals surface area contributed by atoms with E-state index in [0.29, 0.717) is 0 Å². The van der Waals surface area contributed by atoms with Crippen LogP contribution in [0.25, 0.3) is 0 Å². The SMILES string of the molecule is OC=C(O)O.[PoH2]. The van der Waals surface area contributed by atoms with Crippen LogP contribution in [-0.2, 0) is 0 Å². The van der Waals surface area contributed by atoms with Gasteiger partial charge >= 0.3 is 32.5 Å². The van der Waals surface area contributed by atoms with Crippen LogP contribution in [-0.4, -0.2) is 41.9 Å². The second kappa shape index (κ2) is 5.04. The van der Waals surface area contributed by atoms with Crippen molar-refractivity contribution in [1.82, 2.24) is 0 Å². The second-order valence-electron chi connectivity index (χ2n) is 0.487. The molecule has 3 nitrogen and oxygen atoms in total. The Bertz CT molecular complexity index is 46.8. The molecule has 0 bridgehead atoms. The predicted octanol–water partition coefficient (Wildman–Crippen LogP) is -0.457. The number of hydrogen-bond acceptors (Lipinski definition) is 3. The Morgan fingerprint density at radius 3 is 1.50 bits per heavy atom. The third kappa shape index (κ3) is 8.97. The molecule has 0 unspecified atom stereocenters. The first-order chi connectivity index (χ1) is 2.27. The fourth-order valence-electron chi connectivity index (χ4n) is 0. The third-order valence-corrected chi connectivity index (χ3v) is 0.115. The molecule has 0 aromatic heterocycles. The summed E-state index contributed by atoms with van der Waals surface area (Å²) in [5.74, 6) is -1.06. The molecule has 0 aliphatic carbocycles. The summed E-state index contributed by atoms with van der Waals surface area (Å²) >= 11 is 0. The summed E-state index contributed by atoms with van der Waals surface area (Å²) in [6.45, 7) is 0. The number of aliphatic hydroxyl groups is 3. The van der Waals surface area contributed by atoms with Gasteiger partial charge in [0, 0.05) is 0 Å². The van der Waals surface area contributed by atoms with Gasteiger partial charge in [-0.05, 0) is 0 Å². The van der Waals surface area contributed by atoms with E-state index in [4.69, 9.17) is 15.3 Å². The van der Waals surface area contributed by atoms with Crippen molar-refractivity contribution in [3.05, 3.63) is 12.2 Å². The van der Waals surface area contributed by atoms with E-state index in [0.717, 1.165) is 0 Å². The maximum atomic E-state index is 7.53. The van der Waals surface area contributed by atoms with Crippen molar-refractivity contribution < 1.29 is 15.3 Å². The molecule has 0 aromatic rings. The predicted molar refractivity (Wildman–Crippen MR) is 24.5 cm³/mol. The van der Waals surface area contributed by atoms with E-state index >= 15 is 0 Å². The average molecular weight is 287 g/mol. The van der Waals surface area contributed by atoms with Gasteiger partial charge in [-0.3, -0.25) is 0 Å². The number of hydrogen-bond donors (Lipinski definition) is 3. The molecule has 0 rings (SSSR count). The third-order valence-electron chi connectivity index (χ3n) is 0.115. The molecule has 0 aromatic carbocycles. The van der Waals surface area contributed by atoms with Crippen LogP contribution in [0.4, 0.5) is 0 Å². The zero-order chi connectivity index (χ0) is 4.28. The van der Waals surface area contributed by atoms with Crippen LogP contribution < -0.4 is 0 Å².